The van der Waals surface area contributed by atoms with E-state index in [4.69, 9.17) is 4.74 Å². The highest BCUT2D eigenvalue weighted by molar-refractivity contribution is 8.00. The Bertz CT molecular complexity index is 749. The molecule has 5 heteroatoms. The topological polar surface area (TPSA) is 49.8 Å². The van der Waals surface area contributed by atoms with Crippen LogP contribution in [-0.2, 0) is 9.54 Å². The highest BCUT2D eigenvalue weighted by atomic mass is 32.2. The number of likely N-dealkylation sites (N-methyl/N-ethyl adjacent to an activating group) is 1. The SMILES string of the molecule is COc1cccc(C2(C)Sc3ccccc3N(C)C2C=O)c1O. The first-order valence-electron chi connectivity index (χ1n) is 7.35. The van der Waals surface area contributed by atoms with Gasteiger partial charge in [-0.25, -0.2) is 0 Å². The molecule has 2 aromatic rings. The fraction of sp³-hybridized carbons (Fsp3) is 0.278. The number of phenolic OH excluding ortho intramolecular Hbond substituents is 1. The Hall–Kier alpha value is -2.14. The Kier molecular flexibility index (Phi) is 3.98. The van der Waals surface area contributed by atoms with Gasteiger partial charge in [0.2, 0.25) is 0 Å². The maximum absolute atomic E-state index is 11.9. The van der Waals surface area contributed by atoms with Crippen molar-refractivity contribution in [2.24, 2.45) is 0 Å². The minimum absolute atomic E-state index is 0.0876. The Balaban J connectivity index is 2.19. The number of anilines is 1. The number of fused-ring (bicyclic) bond motifs is 1. The van der Waals surface area contributed by atoms with E-state index in [9.17, 15) is 9.90 Å². The van der Waals surface area contributed by atoms with Gasteiger partial charge in [-0.2, -0.15) is 0 Å². The number of nitrogens with zero attached hydrogens (tertiary/aromatic N) is 1. The van der Waals surface area contributed by atoms with Crippen LogP contribution in [0.1, 0.15) is 12.5 Å². The molecule has 23 heavy (non-hydrogen) atoms. The van der Waals surface area contributed by atoms with Crippen molar-refractivity contribution in [3.8, 4) is 11.5 Å². The number of benzene rings is 2. The van der Waals surface area contributed by atoms with E-state index in [-0.39, 0.29) is 5.75 Å². The van der Waals surface area contributed by atoms with E-state index in [0.29, 0.717) is 11.3 Å². The number of carbonyl (C=O) groups is 1. The number of methoxy groups -OCH3 is 1. The van der Waals surface area contributed by atoms with Crippen molar-refractivity contribution in [3.05, 3.63) is 48.0 Å². The van der Waals surface area contributed by atoms with Crippen molar-refractivity contribution in [3.63, 3.8) is 0 Å². The van der Waals surface area contributed by atoms with Crippen LogP contribution in [0.25, 0.3) is 0 Å². The molecule has 1 aliphatic heterocycles. The lowest BCUT2D eigenvalue weighted by Crippen LogP contribution is -2.49. The number of aromatic hydroxyl groups is 1. The number of ether oxygens (including phenoxy) is 1. The van der Waals surface area contributed by atoms with Gasteiger partial charge < -0.3 is 19.5 Å². The van der Waals surface area contributed by atoms with Crippen LogP contribution in [0.3, 0.4) is 0 Å². The van der Waals surface area contributed by atoms with Gasteiger partial charge in [-0.05, 0) is 25.1 Å². The standard InChI is InChI=1S/C18H19NO3S/c1-18(12-7-6-9-14(22-3)17(12)21)16(11-20)19(2)13-8-4-5-10-15(13)23-18/h4-11,16,21H,1-3H3. The third-order valence-corrected chi connectivity index (χ3v) is 5.88. The second-order valence-electron chi connectivity index (χ2n) is 5.73. The first-order chi connectivity index (χ1) is 11.0. The molecule has 0 aromatic heterocycles. The summed E-state index contributed by atoms with van der Waals surface area (Å²) in [5.74, 6) is 0.500. The van der Waals surface area contributed by atoms with Crippen LogP contribution in [-0.4, -0.2) is 31.6 Å². The van der Waals surface area contributed by atoms with Gasteiger partial charge in [0.05, 0.1) is 17.5 Å². The molecule has 2 atom stereocenters. The summed E-state index contributed by atoms with van der Waals surface area (Å²) < 4.78 is 4.60. The molecular formula is C18H19NO3S. The molecule has 3 rings (SSSR count). The molecule has 2 unspecified atom stereocenters. The van der Waals surface area contributed by atoms with Crippen molar-refractivity contribution in [1.82, 2.24) is 0 Å². The van der Waals surface area contributed by atoms with Crippen LogP contribution in [0.2, 0.25) is 0 Å². The first kappa shape index (κ1) is 15.7. The van der Waals surface area contributed by atoms with Crippen LogP contribution in [0, 0.1) is 0 Å². The Labute approximate surface area is 140 Å². The van der Waals surface area contributed by atoms with E-state index < -0.39 is 10.8 Å². The van der Waals surface area contributed by atoms with Crippen molar-refractivity contribution >= 4 is 23.7 Å². The van der Waals surface area contributed by atoms with E-state index in [1.54, 1.807) is 17.8 Å². The monoisotopic (exact) mass is 329 g/mol. The lowest BCUT2D eigenvalue weighted by Gasteiger charge is -2.45. The summed E-state index contributed by atoms with van der Waals surface area (Å²) in [6.45, 7) is 1.98. The summed E-state index contributed by atoms with van der Waals surface area (Å²) in [4.78, 5) is 14.9. The molecule has 0 spiro atoms. The molecule has 1 aliphatic rings. The minimum atomic E-state index is -0.622. The molecule has 0 saturated carbocycles. The van der Waals surface area contributed by atoms with Crippen molar-refractivity contribution in [2.45, 2.75) is 22.6 Å². The predicted molar refractivity (Wildman–Crippen MR) is 92.6 cm³/mol. The van der Waals surface area contributed by atoms with Gasteiger partial charge in [-0.1, -0.05) is 24.3 Å². The van der Waals surface area contributed by atoms with E-state index in [1.165, 1.54) is 7.11 Å². The van der Waals surface area contributed by atoms with Gasteiger partial charge in [0.1, 0.15) is 12.3 Å². The average molecular weight is 329 g/mol. The second kappa shape index (κ2) is 5.81. The van der Waals surface area contributed by atoms with Gasteiger partial charge in [0.25, 0.3) is 0 Å². The highest BCUT2D eigenvalue weighted by Crippen LogP contribution is 2.55. The van der Waals surface area contributed by atoms with Gasteiger partial charge >= 0.3 is 0 Å². The lowest BCUT2D eigenvalue weighted by atomic mass is 9.90. The molecule has 1 heterocycles. The molecule has 120 valence electrons. The second-order valence-corrected chi connectivity index (χ2v) is 7.22. The number of rotatable bonds is 3. The minimum Gasteiger partial charge on any atom is -0.504 e. The van der Waals surface area contributed by atoms with Gasteiger partial charge in [0.15, 0.2) is 11.5 Å². The van der Waals surface area contributed by atoms with Crippen LogP contribution in [0.5, 0.6) is 11.5 Å². The highest BCUT2D eigenvalue weighted by Gasteiger charge is 2.45. The zero-order valence-corrected chi connectivity index (χ0v) is 14.1. The first-order valence-corrected chi connectivity index (χ1v) is 8.17. The Morgan fingerprint density at radius 1 is 1.26 bits per heavy atom. The summed E-state index contributed by atoms with van der Waals surface area (Å²) in [6.07, 6.45) is 0.946. The normalized spacial score (nSPS) is 23.3. The zero-order valence-electron chi connectivity index (χ0n) is 13.3. The summed E-state index contributed by atoms with van der Waals surface area (Å²) in [5, 5.41) is 10.6. The number of para-hydroxylation sites is 2. The molecule has 0 amide bonds. The number of hydrogen-bond acceptors (Lipinski definition) is 5. The molecule has 2 aromatic carbocycles. The van der Waals surface area contributed by atoms with Gasteiger partial charge in [-0.15, -0.1) is 11.8 Å². The molecule has 0 fully saturated rings. The zero-order chi connectivity index (χ0) is 16.6. The molecule has 0 radical (unpaired) electrons. The fourth-order valence-corrected chi connectivity index (χ4v) is 4.70. The van der Waals surface area contributed by atoms with E-state index in [0.717, 1.165) is 16.9 Å². The number of thioether (sulfide) groups is 1. The summed E-state index contributed by atoms with van der Waals surface area (Å²) in [5.41, 5.74) is 1.72. The molecule has 0 aliphatic carbocycles. The quantitative estimate of drug-likeness (QED) is 0.874. The number of hydrogen-bond donors (Lipinski definition) is 1. The average Bonchev–Trinajstić information content (AvgIpc) is 2.55. The summed E-state index contributed by atoms with van der Waals surface area (Å²) >= 11 is 1.59. The third kappa shape index (κ3) is 2.36. The lowest BCUT2D eigenvalue weighted by molar-refractivity contribution is -0.109. The molecule has 4 nitrogen and oxygen atoms in total. The fourth-order valence-electron chi connectivity index (χ4n) is 3.17. The largest absolute Gasteiger partial charge is 0.504 e. The number of aldehydes is 1. The summed E-state index contributed by atoms with van der Waals surface area (Å²) in [6, 6.07) is 13.0. The van der Waals surface area contributed by atoms with E-state index in [2.05, 4.69) is 0 Å². The van der Waals surface area contributed by atoms with Gasteiger partial charge in [-0.3, -0.25) is 0 Å². The van der Waals surface area contributed by atoms with Crippen LogP contribution in [0.4, 0.5) is 5.69 Å². The molecule has 0 saturated heterocycles. The molecule has 0 bridgehead atoms. The van der Waals surface area contributed by atoms with Crippen LogP contribution < -0.4 is 9.64 Å². The maximum atomic E-state index is 11.9. The Morgan fingerprint density at radius 2 is 2.00 bits per heavy atom. The van der Waals surface area contributed by atoms with Crippen molar-refractivity contribution in [1.29, 1.82) is 0 Å². The number of phenols is 1. The van der Waals surface area contributed by atoms with E-state index in [1.807, 2.05) is 55.3 Å². The third-order valence-electron chi connectivity index (χ3n) is 4.43. The summed E-state index contributed by atoms with van der Waals surface area (Å²) in [7, 11) is 3.43. The smallest absolute Gasteiger partial charge is 0.162 e. The molecule has 1 N–H and O–H groups in total. The molecular weight excluding hydrogens is 310 g/mol. The van der Waals surface area contributed by atoms with Crippen LogP contribution in [0.15, 0.2) is 47.4 Å². The Morgan fingerprint density at radius 3 is 2.70 bits per heavy atom. The van der Waals surface area contributed by atoms with Crippen molar-refractivity contribution < 1.29 is 14.6 Å². The maximum Gasteiger partial charge on any atom is 0.162 e. The van der Waals surface area contributed by atoms with Crippen LogP contribution >= 0.6 is 11.8 Å². The van der Waals surface area contributed by atoms with Gasteiger partial charge in [0, 0.05) is 17.5 Å². The van der Waals surface area contributed by atoms with E-state index >= 15 is 0 Å². The van der Waals surface area contributed by atoms with Crippen molar-refractivity contribution in [2.75, 3.05) is 19.1 Å². The predicted octanol–water partition coefficient (Wildman–Crippen LogP) is 3.43. The number of carbonyl (C=O) groups excluding carboxylic acids is 1.